The molecule has 11 heteroatoms. The summed E-state index contributed by atoms with van der Waals surface area (Å²) in [5.41, 5.74) is 1.67. The zero-order chi connectivity index (χ0) is 29.4. The van der Waals surface area contributed by atoms with E-state index in [1.165, 1.54) is 23.1 Å². The minimum absolute atomic E-state index is 0.0265. The standard InChI is InChI=1S/C29H32Cl3N3O4S/c1-4-20(2)33-29(37)27(14-21-9-6-5-7-10-21)34(18-22-11-8-12-23(30)13-22)28(36)19-35(40(3,38)39)26-16-24(31)15-25(32)17-26/h5-13,15-17,20,27H,4,14,18-19H2,1-3H3,(H,33,37). The van der Waals surface area contributed by atoms with Gasteiger partial charge >= 0.3 is 0 Å². The van der Waals surface area contributed by atoms with Gasteiger partial charge in [0.15, 0.2) is 0 Å². The highest BCUT2D eigenvalue weighted by Gasteiger charge is 2.33. The summed E-state index contributed by atoms with van der Waals surface area (Å²) in [6, 6.07) is 19.5. The lowest BCUT2D eigenvalue weighted by molar-refractivity contribution is -0.140. The van der Waals surface area contributed by atoms with Crippen LogP contribution in [0, 0.1) is 0 Å². The van der Waals surface area contributed by atoms with Gasteiger partial charge in [-0.15, -0.1) is 0 Å². The molecule has 0 fully saturated rings. The van der Waals surface area contributed by atoms with Crippen LogP contribution in [0.4, 0.5) is 5.69 Å². The maximum atomic E-state index is 14.1. The largest absolute Gasteiger partial charge is 0.352 e. The lowest BCUT2D eigenvalue weighted by Gasteiger charge is -2.34. The molecule has 0 saturated heterocycles. The summed E-state index contributed by atoms with van der Waals surface area (Å²) in [4.78, 5) is 29.1. The first-order chi connectivity index (χ1) is 18.9. The molecule has 3 aromatic carbocycles. The van der Waals surface area contributed by atoms with Crippen molar-refractivity contribution in [3.8, 4) is 0 Å². The summed E-state index contributed by atoms with van der Waals surface area (Å²) >= 11 is 18.5. The molecule has 2 amide bonds. The van der Waals surface area contributed by atoms with Crippen molar-refractivity contribution in [2.75, 3.05) is 17.1 Å². The molecule has 0 spiro atoms. The van der Waals surface area contributed by atoms with Crippen LogP contribution in [0.15, 0.2) is 72.8 Å². The Hall–Kier alpha value is -2.78. The van der Waals surface area contributed by atoms with Gasteiger partial charge in [-0.1, -0.05) is 84.2 Å². The van der Waals surface area contributed by atoms with Crippen LogP contribution in [-0.4, -0.2) is 50.0 Å². The zero-order valence-electron chi connectivity index (χ0n) is 22.5. The fourth-order valence-electron chi connectivity index (χ4n) is 4.12. The zero-order valence-corrected chi connectivity index (χ0v) is 25.6. The number of carbonyl (C=O) groups is 2. The molecule has 0 aliphatic heterocycles. The van der Waals surface area contributed by atoms with Crippen LogP contribution >= 0.6 is 34.8 Å². The molecule has 1 N–H and O–H groups in total. The third-order valence-electron chi connectivity index (χ3n) is 6.33. The van der Waals surface area contributed by atoms with Gasteiger partial charge in [-0.05, 0) is 54.8 Å². The number of anilines is 1. The van der Waals surface area contributed by atoms with Crippen LogP contribution in [0.1, 0.15) is 31.4 Å². The van der Waals surface area contributed by atoms with Crippen LogP contribution in [0.25, 0.3) is 0 Å². The molecule has 214 valence electrons. The van der Waals surface area contributed by atoms with Gasteiger partial charge in [0.2, 0.25) is 21.8 Å². The monoisotopic (exact) mass is 623 g/mol. The van der Waals surface area contributed by atoms with Gasteiger partial charge in [0.05, 0.1) is 11.9 Å². The highest BCUT2D eigenvalue weighted by Crippen LogP contribution is 2.28. The lowest BCUT2D eigenvalue weighted by atomic mass is 10.0. The van der Waals surface area contributed by atoms with Crippen LogP contribution in [0.5, 0.6) is 0 Å². The van der Waals surface area contributed by atoms with Crippen molar-refractivity contribution in [2.45, 2.75) is 45.3 Å². The molecule has 0 bridgehead atoms. The highest BCUT2D eigenvalue weighted by molar-refractivity contribution is 7.92. The Morgan fingerprint density at radius 2 is 1.50 bits per heavy atom. The summed E-state index contributed by atoms with van der Waals surface area (Å²) in [6.45, 7) is 3.29. The molecular weight excluding hydrogens is 593 g/mol. The number of rotatable bonds is 12. The van der Waals surface area contributed by atoms with Crippen molar-refractivity contribution in [2.24, 2.45) is 0 Å². The van der Waals surface area contributed by atoms with E-state index in [1.807, 2.05) is 44.2 Å². The summed E-state index contributed by atoms with van der Waals surface area (Å²) in [5.74, 6) is -0.924. The first-order valence-corrected chi connectivity index (χ1v) is 15.7. The molecule has 40 heavy (non-hydrogen) atoms. The molecule has 2 unspecified atom stereocenters. The maximum Gasteiger partial charge on any atom is 0.244 e. The van der Waals surface area contributed by atoms with E-state index in [2.05, 4.69) is 5.32 Å². The Bertz CT molecular complexity index is 1420. The van der Waals surface area contributed by atoms with E-state index in [-0.39, 0.29) is 40.6 Å². The molecule has 7 nitrogen and oxygen atoms in total. The van der Waals surface area contributed by atoms with Crippen LogP contribution < -0.4 is 9.62 Å². The topological polar surface area (TPSA) is 86.8 Å². The normalized spacial score (nSPS) is 12.8. The molecule has 0 saturated carbocycles. The molecule has 2 atom stereocenters. The van der Waals surface area contributed by atoms with E-state index >= 15 is 0 Å². The summed E-state index contributed by atoms with van der Waals surface area (Å²) in [7, 11) is -3.94. The summed E-state index contributed by atoms with van der Waals surface area (Å²) in [5, 5.41) is 3.89. The molecule has 0 aliphatic carbocycles. The first kappa shape index (κ1) is 31.7. The number of hydrogen-bond donors (Lipinski definition) is 1. The third kappa shape index (κ3) is 9.13. The predicted molar refractivity (Wildman–Crippen MR) is 162 cm³/mol. The number of hydrogen-bond acceptors (Lipinski definition) is 4. The number of carbonyl (C=O) groups excluding carboxylic acids is 2. The van der Waals surface area contributed by atoms with E-state index in [4.69, 9.17) is 34.8 Å². The Labute approximate surface area is 251 Å². The van der Waals surface area contributed by atoms with Gasteiger partial charge in [0.1, 0.15) is 12.6 Å². The van der Waals surface area contributed by atoms with Gasteiger partial charge in [0.25, 0.3) is 0 Å². The third-order valence-corrected chi connectivity index (χ3v) is 8.14. The van der Waals surface area contributed by atoms with Crippen LogP contribution in [0.2, 0.25) is 15.1 Å². The van der Waals surface area contributed by atoms with Crippen molar-refractivity contribution in [3.05, 3.63) is 99.0 Å². The number of halogens is 3. The van der Waals surface area contributed by atoms with Crippen molar-refractivity contribution < 1.29 is 18.0 Å². The van der Waals surface area contributed by atoms with Gasteiger partial charge in [0, 0.05) is 34.1 Å². The van der Waals surface area contributed by atoms with E-state index in [9.17, 15) is 18.0 Å². The Balaban J connectivity index is 2.08. The molecule has 0 heterocycles. The van der Waals surface area contributed by atoms with Gasteiger partial charge in [-0.2, -0.15) is 0 Å². The number of nitrogens with zero attached hydrogens (tertiary/aromatic N) is 2. The van der Waals surface area contributed by atoms with Gasteiger partial charge in [-0.3, -0.25) is 13.9 Å². The first-order valence-electron chi connectivity index (χ1n) is 12.7. The second-order valence-electron chi connectivity index (χ2n) is 9.57. The Morgan fingerprint density at radius 3 is 2.08 bits per heavy atom. The van der Waals surface area contributed by atoms with Crippen molar-refractivity contribution in [1.82, 2.24) is 10.2 Å². The summed E-state index contributed by atoms with van der Waals surface area (Å²) in [6.07, 6.45) is 1.91. The summed E-state index contributed by atoms with van der Waals surface area (Å²) < 4.78 is 26.7. The van der Waals surface area contributed by atoms with E-state index in [0.29, 0.717) is 17.0 Å². The second kappa shape index (κ2) is 14.2. The SMILES string of the molecule is CCC(C)NC(=O)C(Cc1ccccc1)N(Cc1cccc(Cl)c1)C(=O)CN(c1cc(Cl)cc(Cl)c1)S(C)(=O)=O. The van der Waals surface area contributed by atoms with Crippen molar-refractivity contribution in [3.63, 3.8) is 0 Å². The Morgan fingerprint density at radius 1 is 0.875 bits per heavy atom. The molecule has 3 rings (SSSR count). The highest BCUT2D eigenvalue weighted by atomic mass is 35.5. The molecule has 0 aromatic heterocycles. The average molecular weight is 625 g/mol. The molecule has 0 aliphatic rings. The van der Waals surface area contributed by atoms with Gasteiger partial charge < -0.3 is 10.2 Å². The van der Waals surface area contributed by atoms with Gasteiger partial charge in [-0.25, -0.2) is 8.42 Å². The van der Waals surface area contributed by atoms with Crippen LogP contribution in [0.3, 0.4) is 0 Å². The van der Waals surface area contributed by atoms with Crippen molar-refractivity contribution in [1.29, 1.82) is 0 Å². The maximum absolute atomic E-state index is 14.1. The number of sulfonamides is 1. The fraction of sp³-hybridized carbons (Fsp3) is 0.310. The molecule has 3 aromatic rings. The minimum atomic E-state index is -3.94. The van der Waals surface area contributed by atoms with E-state index in [0.717, 1.165) is 16.1 Å². The predicted octanol–water partition coefficient (Wildman–Crippen LogP) is 5.97. The average Bonchev–Trinajstić information content (AvgIpc) is 2.88. The second-order valence-corrected chi connectivity index (χ2v) is 12.8. The van der Waals surface area contributed by atoms with Crippen LogP contribution in [-0.2, 0) is 32.6 Å². The Kier molecular flexibility index (Phi) is 11.3. The molecule has 0 radical (unpaired) electrons. The van der Waals surface area contributed by atoms with Crippen molar-refractivity contribution >= 4 is 62.3 Å². The molecular formula is C29H32Cl3N3O4S. The fourth-order valence-corrected chi connectivity index (χ4v) is 5.68. The number of nitrogens with one attached hydrogen (secondary N) is 1. The number of benzene rings is 3. The lowest BCUT2D eigenvalue weighted by Crippen LogP contribution is -2.54. The van der Waals surface area contributed by atoms with E-state index < -0.39 is 28.5 Å². The van der Waals surface area contributed by atoms with E-state index in [1.54, 1.807) is 24.3 Å². The number of amides is 2. The smallest absolute Gasteiger partial charge is 0.244 e. The minimum Gasteiger partial charge on any atom is -0.352 e. The quantitative estimate of drug-likeness (QED) is 0.269.